The number of anilines is 1. The number of rotatable bonds is 9. The second-order valence-corrected chi connectivity index (χ2v) is 13.2. The minimum atomic E-state index is -3.83. The maximum Gasteiger partial charge on any atom is 0.261 e. The van der Waals surface area contributed by atoms with E-state index in [0.717, 1.165) is 22.6 Å². The number of amides is 1. The van der Waals surface area contributed by atoms with Crippen molar-refractivity contribution in [3.8, 4) is 17.2 Å². The average molecular weight is 610 g/mol. The maximum atomic E-state index is 13.5. The predicted molar refractivity (Wildman–Crippen MR) is 163 cm³/mol. The number of aliphatic hydroxyl groups excluding tert-OH is 1. The van der Waals surface area contributed by atoms with Crippen LogP contribution in [0.25, 0.3) is 0 Å². The molecule has 11 heteroatoms. The average Bonchev–Trinajstić information content (AvgIpc) is 3.45. The molecule has 2 heterocycles. The Balaban J connectivity index is 1.40. The highest BCUT2D eigenvalue weighted by Gasteiger charge is 2.31. The Kier molecular flexibility index (Phi) is 9.14. The molecule has 0 radical (unpaired) electrons. The molecular formula is C32H39N3O7S. The summed E-state index contributed by atoms with van der Waals surface area (Å²) < 4.78 is 46.3. The minimum Gasteiger partial charge on any atom is -0.488 e. The van der Waals surface area contributed by atoms with E-state index in [1.165, 1.54) is 0 Å². The zero-order valence-electron chi connectivity index (χ0n) is 24.9. The van der Waals surface area contributed by atoms with Crippen LogP contribution in [0.3, 0.4) is 0 Å². The lowest BCUT2D eigenvalue weighted by molar-refractivity contribution is -0.134. The Bertz CT molecular complexity index is 1560. The molecule has 2 aliphatic rings. The van der Waals surface area contributed by atoms with Crippen molar-refractivity contribution in [2.75, 3.05) is 38.3 Å². The van der Waals surface area contributed by atoms with Crippen molar-refractivity contribution in [3.05, 3.63) is 77.4 Å². The van der Waals surface area contributed by atoms with Crippen molar-refractivity contribution in [2.24, 2.45) is 5.92 Å². The topological polar surface area (TPSA) is 118 Å². The summed E-state index contributed by atoms with van der Waals surface area (Å²) in [5, 5.41) is 9.93. The highest BCUT2D eigenvalue weighted by atomic mass is 32.2. The number of fused-ring (bicyclic) bond motifs is 2. The van der Waals surface area contributed by atoms with Gasteiger partial charge in [0, 0.05) is 36.8 Å². The number of aryl methyl sites for hydroxylation is 1. The van der Waals surface area contributed by atoms with E-state index in [0.29, 0.717) is 36.6 Å². The van der Waals surface area contributed by atoms with Crippen LogP contribution in [-0.4, -0.2) is 74.9 Å². The number of hydrogen-bond donors (Lipinski definition) is 2. The lowest BCUT2D eigenvalue weighted by atomic mass is 10.0. The van der Waals surface area contributed by atoms with Gasteiger partial charge >= 0.3 is 0 Å². The first-order valence-electron chi connectivity index (χ1n) is 14.4. The zero-order valence-corrected chi connectivity index (χ0v) is 25.8. The van der Waals surface area contributed by atoms with Crippen LogP contribution < -0.4 is 18.9 Å². The van der Waals surface area contributed by atoms with E-state index in [-0.39, 0.29) is 48.7 Å². The number of sulfonamides is 1. The quantitative estimate of drug-likeness (QED) is 0.376. The number of aliphatic hydroxyl groups is 1. The largest absolute Gasteiger partial charge is 0.488 e. The van der Waals surface area contributed by atoms with Crippen molar-refractivity contribution in [1.82, 2.24) is 9.80 Å². The van der Waals surface area contributed by atoms with E-state index in [1.54, 1.807) is 47.4 Å². The molecule has 0 aromatic heterocycles. The van der Waals surface area contributed by atoms with Crippen LogP contribution in [0, 0.1) is 12.8 Å². The van der Waals surface area contributed by atoms with E-state index in [4.69, 9.17) is 14.2 Å². The van der Waals surface area contributed by atoms with Gasteiger partial charge in [0.05, 0.1) is 24.0 Å². The Hall–Kier alpha value is -3.80. The summed E-state index contributed by atoms with van der Waals surface area (Å²) in [6.07, 6.45) is -0.293. The van der Waals surface area contributed by atoms with Crippen LogP contribution in [0.15, 0.2) is 65.6 Å². The number of ether oxygens (including phenoxy) is 3. The lowest BCUT2D eigenvalue weighted by Gasteiger charge is -2.34. The van der Waals surface area contributed by atoms with Crippen LogP contribution >= 0.6 is 0 Å². The standard InChI is InChI=1S/C32H39N3O7S/c1-21-5-9-27(10-6-21)43(38,39)33-26-8-12-28-25(14-26)15-32(37)35(23(3)19-36)16-22(2)31(42-28)18-34(4)17-24-7-11-29-30(13-24)41-20-40-29/h5-14,22-23,31,33,36H,15-20H2,1-4H3/t22-,23-,31+/m0/s1. The summed E-state index contributed by atoms with van der Waals surface area (Å²) in [6, 6.07) is 17.1. The molecular weight excluding hydrogens is 570 g/mol. The number of benzene rings is 3. The molecule has 0 bridgehead atoms. The molecule has 0 aliphatic carbocycles. The van der Waals surface area contributed by atoms with Crippen molar-refractivity contribution in [1.29, 1.82) is 0 Å². The van der Waals surface area contributed by atoms with E-state index in [2.05, 4.69) is 9.62 Å². The molecule has 2 aliphatic heterocycles. The van der Waals surface area contributed by atoms with Gasteiger partial charge in [-0.1, -0.05) is 30.7 Å². The maximum absolute atomic E-state index is 13.5. The number of carbonyl (C=O) groups excluding carboxylic acids is 1. The van der Waals surface area contributed by atoms with Gasteiger partial charge < -0.3 is 24.2 Å². The van der Waals surface area contributed by atoms with Gasteiger partial charge in [-0.15, -0.1) is 0 Å². The van der Waals surface area contributed by atoms with Gasteiger partial charge in [-0.05, 0) is 68.9 Å². The summed E-state index contributed by atoms with van der Waals surface area (Å²) in [4.78, 5) is 17.5. The van der Waals surface area contributed by atoms with Gasteiger partial charge in [-0.2, -0.15) is 0 Å². The van der Waals surface area contributed by atoms with Crippen LogP contribution in [-0.2, 0) is 27.8 Å². The summed E-state index contributed by atoms with van der Waals surface area (Å²) in [5.41, 5.74) is 2.93. The summed E-state index contributed by atoms with van der Waals surface area (Å²) in [7, 11) is -1.82. The molecule has 43 heavy (non-hydrogen) atoms. The highest BCUT2D eigenvalue weighted by molar-refractivity contribution is 7.92. The van der Waals surface area contributed by atoms with E-state index < -0.39 is 10.0 Å². The molecule has 3 aromatic carbocycles. The van der Waals surface area contributed by atoms with E-state index in [1.807, 2.05) is 46.0 Å². The minimum absolute atomic E-state index is 0.00620. The molecule has 10 nitrogen and oxygen atoms in total. The lowest BCUT2D eigenvalue weighted by Crippen LogP contribution is -2.47. The molecule has 0 fully saturated rings. The van der Waals surface area contributed by atoms with Crippen molar-refractivity contribution in [2.45, 2.75) is 50.8 Å². The van der Waals surface area contributed by atoms with Crippen LogP contribution in [0.1, 0.15) is 30.5 Å². The third-order valence-electron chi connectivity index (χ3n) is 7.88. The molecule has 0 spiro atoms. The molecule has 3 aromatic rings. The Labute approximate surface area is 253 Å². The van der Waals surface area contributed by atoms with Gasteiger partial charge in [-0.3, -0.25) is 14.4 Å². The molecule has 0 saturated carbocycles. The van der Waals surface area contributed by atoms with E-state index >= 15 is 0 Å². The van der Waals surface area contributed by atoms with E-state index in [9.17, 15) is 18.3 Å². The summed E-state index contributed by atoms with van der Waals surface area (Å²) >= 11 is 0. The number of carbonyl (C=O) groups is 1. The zero-order chi connectivity index (χ0) is 30.7. The van der Waals surface area contributed by atoms with Gasteiger partial charge in [0.2, 0.25) is 12.7 Å². The third-order valence-corrected chi connectivity index (χ3v) is 9.28. The SMILES string of the molecule is Cc1ccc(S(=O)(=O)Nc2ccc3c(c2)CC(=O)N([C@@H](C)CO)C[C@H](C)[C@@H](CN(C)Cc2ccc4c(c2)OCO4)O3)cc1. The van der Waals surface area contributed by atoms with Crippen LogP contribution in [0.2, 0.25) is 0 Å². The summed E-state index contributed by atoms with van der Waals surface area (Å²) in [5.74, 6) is 1.76. The Morgan fingerprint density at radius 3 is 2.51 bits per heavy atom. The molecule has 230 valence electrons. The van der Waals surface area contributed by atoms with Crippen molar-refractivity contribution >= 4 is 21.6 Å². The van der Waals surface area contributed by atoms with Crippen LogP contribution in [0.5, 0.6) is 17.2 Å². The van der Waals surface area contributed by atoms with Gasteiger partial charge in [0.25, 0.3) is 10.0 Å². The fourth-order valence-electron chi connectivity index (χ4n) is 5.37. The first-order valence-corrected chi connectivity index (χ1v) is 15.9. The number of nitrogens with zero attached hydrogens (tertiary/aromatic N) is 2. The molecule has 0 saturated heterocycles. The highest BCUT2D eigenvalue weighted by Crippen LogP contribution is 2.33. The van der Waals surface area contributed by atoms with Gasteiger partial charge in [0.1, 0.15) is 11.9 Å². The fourth-order valence-corrected chi connectivity index (χ4v) is 6.41. The second-order valence-electron chi connectivity index (χ2n) is 11.5. The Morgan fingerprint density at radius 2 is 1.77 bits per heavy atom. The fraction of sp³-hybridized carbons (Fsp3) is 0.406. The number of likely N-dealkylation sites (N-methyl/N-ethyl adjacent to an activating group) is 1. The van der Waals surface area contributed by atoms with Crippen molar-refractivity contribution < 1.29 is 32.5 Å². The first-order chi connectivity index (χ1) is 20.5. The third kappa shape index (κ3) is 7.23. The first kappa shape index (κ1) is 30.7. The summed E-state index contributed by atoms with van der Waals surface area (Å²) in [6.45, 7) is 7.41. The number of hydrogen-bond acceptors (Lipinski definition) is 8. The molecule has 3 atom stereocenters. The van der Waals surface area contributed by atoms with Gasteiger partial charge in [-0.25, -0.2) is 8.42 Å². The van der Waals surface area contributed by atoms with Crippen LogP contribution in [0.4, 0.5) is 5.69 Å². The predicted octanol–water partition coefficient (Wildman–Crippen LogP) is 3.81. The monoisotopic (exact) mass is 609 g/mol. The molecule has 5 rings (SSSR count). The smallest absolute Gasteiger partial charge is 0.261 e. The van der Waals surface area contributed by atoms with Gasteiger partial charge in [0.15, 0.2) is 11.5 Å². The number of nitrogens with one attached hydrogen (secondary N) is 1. The Morgan fingerprint density at radius 1 is 1.05 bits per heavy atom. The molecule has 2 N–H and O–H groups in total. The molecule has 1 amide bonds. The normalized spacial score (nSPS) is 19.2. The molecule has 0 unspecified atom stereocenters. The van der Waals surface area contributed by atoms with Crippen molar-refractivity contribution in [3.63, 3.8) is 0 Å². The second kappa shape index (κ2) is 12.8.